The summed E-state index contributed by atoms with van der Waals surface area (Å²) in [6.45, 7) is 2.16. The van der Waals surface area contributed by atoms with Gasteiger partial charge in [0, 0.05) is 12.5 Å². The first-order chi connectivity index (χ1) is 13.2. The summed E-state index contributed by atoms with van der Waals surface area (Å²) >= 11 is 0. The third-order valence-corrected chi connectivity index (χ3v) is 4.10. The maximum Gasteiger partial charge on any atom is 0.308 e. The van der Waals surface area contributed by atoms with Crippen LogP contribution in [0.5, 0.6) is 0 Å². The summed E-state index contributed by atoms with van der Waals surface area (Å²) in [5, 5.41) is 2.32. The van der Waals surface area contributed by atoms with Gasteiger partial charge in [0.2, 0.25) is 17.2 Å². The van der Waals surface area contributed by atoms with Crippen LogP contribution in [0.1, 0.15) is 29.8 Å². The largest absolute Gasteiger partial charge is 0.456 e. The van der Waals surface area contributed by atoms with Gasteiger partial charge in [-0.25, -0.2) is 8.78 Å². The monoisotopic (exact) mass is 387 g/mol. The summed E-state index contributed by atoms with van der Waals surface area (Å²) < 4.78 is 38.9. The highest BCUT2D eigenvalue weighted by Crippen LogP contribution is 2.40. The predicted octanol–water partition coefficient (Wildman–Crippen LogP) is 2.94. The van der Waals surface area contributed by atoms with E-state index in [4.69, 9.17) is 9.47 Å². The molecule has 2 aromatic carbocycles. The van der Waals surface area contributed by atoms with Crippen LogP contribution in [-0.4, -0.2) is 17.7 Å². The molecule has 8 heteroatoms. The van der Waals surface area contributed by atoms with Crippen molar-refractivity contribution in [1.82, 2.24) is 5.32 Å². The van der Waals surface area contributed by atoms with Gasteiger partial charge in [-0.15, -0.1) is 0 Å². The van der Waals surface area contributed by atoms with Gasteiger partial charge < -0.3 is 9.47 Å². The van der Waals surface area contributed by atoms with Gasteiger partial charge in [-0.2, -0.15) is 0 Å². The molecule has 0 aromatic heterocycles. The average molecular weight is 387 g/mol. The Balaban J connectivity index is 2.01. The van der Waals surface area contributed by atoms with Crippen molar-refractivity contribution in [1.29, 1.82) is 0 Å². The van der Waals surface area contributed by atoms with Crippen molar-refractivity contribution in [3.8, 4) is 0 Å². The van der Waals surface area contributed by atoms with Crippen LogP contribution in [0.25, 0.3) is 0 Å². The van der Waals surface area contributed by atoms with Crippen molar-refractivity contribution >= 4 is 17.7 Å². The van der Waals surface area contributed by atoms with Gasteiger partial charge in [0.25, 0.3) is 11.7 Å². The van der Waals surface area contributed by atoms with E-state index in [1.54, 1.807) is 18.2 Å². The van der Waals surface area contributed by atoms with Gasteiger partial charge in [-0.1, -0.05) is 24.3 Å². The van der Waals surface area contributed by atoms with E-state index in [0.717, 1.165) is 32.0 Å². The fourth-order valence-electron chi connectivity index (χ4n) is 2.82. The Kier molecular flexibility index (Phi) is 4.96. The number of halogens is 2. The Morgan fingerprint density at radius 1 is 1.04 bits per heavy atom. The molecule has 1 aliphatic heterocycles. The van der Waals surface area contributed by atoms with Crippen LogP contribution in [-0.2, 0) is 24.7 Å². The molecule has 1 amide bonds. The highest BCUT2D eigenvalue weighted by atomic mass is 19.1. The second kappa shape index (κ2) is 7.22. The van der Waals surface area contributed by atoms with Crippen molar-refractivity contribution in [2.75, 3.05) is 0 Å². The van der Waals surface area contributed by atoms with Crippen molar-refractivity contribution in [3.63, 3.8) is 0 Å². The number of amides is 1. The molecule has 6 nitrogen and oxygen atoms in total. The summed E-state index contributed by atoms with van der Waals surface area (Å²) in [4.78, 5) is 36.6. The molecule has 28 heavy (non-hydrogen) atoms. The van der Waals surface area contributed by atoms with Crippen LogP contribution in [0.4, 0.5) is 8.78 Å². The molecule has 0 radical (unpaired) electrons. The van der Waals surface area contributed by atoms with Gasteiger partial charge in [-0.05, 0) is 31.2 Å². The van der Waals surface area contributed by atoms with Crippen molar-refractivity contribution in [2.45, 2.75) is 19.4 Å². The number of benzene rings is 2. The number of ketones is 1. The predicted molar refractivity (Wildman–Crippen MR) is 92.5 cm³/mol. The van der Waals surface area contributed by atoms with E-state index in [-0.39, 0.29) is 5.56 Å². The normalized spacial score (nSPS) is 18.6. The molecule has 144 valence electrons. The van der Waals surface area contributed by atoms with E-state index >= 15 is 0 Å². The molecule has 0 spiro atoms. The van der Waals surface area contributed by atoms with Gasteiger partial charge in [0.1, 0.15) is 11.6 Å². The van der Waals surface area contributed by atoms with Crippen LogP contribution in [0, 0.1) is 11.6 Å². The summed E-state index contributed by atoms with van der Waals surface area (Å²) in [5.41, 5.74) is -2.59. The van der Waals surface area contributed by atoms with Gasteiger partial charge in [0.05, 0.1) is 5.56 Å². The zero-order valence-corrected chi connectivity index (χ0v) is 14.9. The quantitative estimate of drug-likeness (QED) is 0.816. The number of rotatable bonds is 4. The highest BCUT2D eigenvalue weighted by molar-refractivity contribution is 6.05. The topological polar surface area (TPSA) is 81.7 Å². The van der Waals surface area contributed by atoms with E-state index in [2.05, 4.69) is 5.32 Å². The molecule has 0 saturated carbocycles. The molecule has 1 atom stereocenters. The molecule has 1 aliphatic rings. The van der Waals surface area contributed by atoms with Crippen LogP contribution < -0.4 is 5.32 Å². The lowest BCUT2D eigenvalue weighted by Crippen LogP contribution is -2.34. The Morgan fingerprint density at radius 2 is 1.64 bits per heavy atom. The van der Waals surface area contributed by atoms with Crippen molar-refractivity contribution < 1.29 is 32.6 Å². The SMILES string of the molecule is CC(=O)OC1=C(NC(=O)c2ccccc2)OC(C)(c2c(F)cccc2F)C1=O. The number of ether oxygens (including phenoxy) is 2. The molecule has 0 bridgehead atoms. The number of carbonyl (C=O) groups is 3. The lowest BCUT2D eigenvalue weighted by molar-refractivity contribution is -0.142. The minimum Gasteiger partial charge on any atom is -0.456 e. The highest BCUT2D eigenvalue weighted by Gasteiger charge is 2.52. The summed E-state index contributed by atoms with van der Waals surface area (Å²) in [6, 6.07) is 11.0. The summed E-state index contributed by atoms with van der Waals surface area (Å²) in [5.74, 6) is -5.71. The first-order valence-electron chi connectivity index (χ1n) is 8.21. The number of carbonyl (C=O) groups excluding carboxylic acids is 3. The molecule has 1 unspecified atom stereocenters. The van der Waals surface area contributed by atoms with Crippen LogP contribution in [0.2, 0.25) is 0 Å². The van der Waals surface area contributed by atoms with Gasteiger partial charge >= 0.3 is 5.97 Å². The number of Topliss-reactive ketones (excluding diaryl/α,β-unsaturated/α-hetero) is 1. The maximum atomic E-state index is 14.3. The molecule has 2 aromatic rings. The summed E-state index contributed by atoms with van der Waals surface area (Å²) in [6.07, 6.45) is 0. The summed E-state index contributed by atoms with van der Waals surface area (Å²) in [7, 11) is 0. The van der Waals surface area contributed by atoms with Gasteiger partial charge in [-0.3, -0.25) is 19.7 Å². The lowest BCUT2D eigenvalue weighted by atomic mass is 9.90. The molecule has 0 aliphatic carbocycles. The van der Waals surface area contributed by atoms with E-state index in [1.165, 1.54) is 12.1 Å². The number of esters is 1. The first kappa shape index (κ1) is 19.2. The Morgan fingerprint density at radius 3 is 2.21 bits per heavy atom. The zero-order valence-electron chi connectivity index (χ0n) is 14.9. The van der Waals surface area contributed by atoms with Crippen molar-refractivity contribution in [3.05, 3.63) is 82.9 Å². The van der Waals surface area contributed by atoms with Crippen LogP contribution in [0.3, 0.4) is 0 Å². The fraction of sp³-hybridized carbons (Fsp3) is 0.150. The fourth-order valence-corrected chi connectivity index (χ4v) is 2.82. The third-order valence-electron chi connectivity index (χ3n) is 4.10. The lowest BCUT2D eigenvalue weighted by Gasteiger charge is -2.24. The number of nitrogens with one attached hydrogen (secondary N) is 1. The van der Waals surface area contributed by atoms with Gasteiger partial charge in [0.15, 0.2) is 0 Å². The minimum atomic E-state index is -2.17. The minimum absolute atomic E-state index is 0.235. The van der Waals surface area contributed by atoms with E-state index in [0.29, 0.717) is 0 Å². The molecular formula is C20H15F2NO5. The van der Waals surface area contributed by atoms with E-state index in [9.17, 15) is 23.2 Å². The van der Waals surface area contributed by atoms with E-state index in [1.807, 2.05) is 0 Å². The second-order valence-corrected chi connectivity index (χ2v) is 6.13. The van der Waals surface area contributed by atoms with Crippen LogP contribution >= 0.6 is 0 Å². The zero-order chi connectivity index (χ0) is 20.5. The Labute approximate surface area is 158 Å². The smallest absolute Gasteiger partial charge is 0.308 e. The first-order valence-corrected chi connectivity index (χ1v) is 8.21. The standard InChI is InChI=1S/C20H15F2NO5/c1-11(24)27-16-17(25)20(2,15-13(21)9-6-10-14(15)22)28-19(16)23-18(26)12-7-4-3-5-8-12/h3-10H,1-2H3,(H,23,26). The molecule has 3 rings (SSSR count). The van der Waals surface area contributed by atoms with E-state index < -0.39 is 52.1 Å². The van der Waals surface area contributed by atoms with Crippen molar-refractivity contribution in [2.24, 2.45) is 0 Å². The Bertz CT molecular complexity index is 983. The van der Waals surface area contributed by atoms with Crippen LogP contribution in [0.15, 0.2) is 60.2 Å². The molecule has 1 N–H and O–H groups in total. The average Bonchev–Trinajstić information content (AvgIpc) is 2.87. The third kappa shape index (κ3) is 3.36. The number of hydrogen-bond donors (Lipinski definition) is 1. The Hall–Kier alpha value is -3.55. The second-order valence-electron chi connectivity index (χ2n) is 6.13. The molecular weight excluding hydrogens is 372 g/mol. The maximum absolute atomic E-state index is 14.3. The molecule has 0 saturated heterocycles. The number of hydrogen-bond acceptors (Lipinski definition) is 5. The molecule has 1 heterocycles. The molecule has 0 fully saturated rings.